The summed E-state index contributed by atoms with van der Waals surface area (Å²) in [5.41, 5.74) is 0.685. The molecule has 0 saturated carbocycles. The van der Waals surface area contributed by atoms with Gasteiger partial charge in [-0.1, -0.05) is 6.92 Å². The van der Waals surface area contributed by atoms with Crippen molar-refractivity contribution in [3.05, 3.63) is 11.3 Å². The van der Waals surface area contributed by atoms with Gasteiger partial charge in [0.15, 0.2) is 0 Å². The largest absolute Gasteiger partial charge is 0.477 e. The van der Waals surface area contributed by atoms with Gasteiger partial charge in [-0.15, -0.1) is 0 Å². The normalized spacial score (nSPS) is 12.5. The van der Waals surface area contributed by atoms with E-state index in [9.17, 15) is 4.79 Å². The van der Waals surface area contributed by atoms with E-state index in [0.717, 1.165) is 6.42 Å². The summed E-state index contributed by atoms with van der Waals surface area (Å²) in [6, 6.07) is 0.0490. The second kappa shape index (κ2) is 5.67. The molecule has 3 N–H and O–H groups in total. The summed E-state index contributed by atoms with van der Waals surface area (Å²) in [4.78, 5) is 11.1. The molecule has 96 valence electrons. The van der Waals surface area contributed by atoms with Crippen molar-refractivity contribution < 1.29 is 15.0 Å². The van der Waals surface area contributed by atoms with Gasteiger partial charge in [-0.2, -0.15) is 5.10 Å². The average Bonchev–Trinajstić information content (AvgIpc) is 2.53. The number of hydrogen-bond donors (Lipinski definition) is 3. The first-order valence-electron chi connectivity index (χ1n) is 5.65. The van der Waals surface area contributed by atoms with Crippen molar-refractivity contribution in [2.75, 3.05) is 11.9 Å². The lowest BCUT2D eigenvalue weighted by atomic mass is 10.1. The van der Waals surface area contributed by atoms with Crippen LogP contribution in [0, 0.1) is 6.92 Å². The minimum Gasteiger partial charge on any atom is -0.477 e. The molecular formula is C11H19N3O3. The third-order valence-corrected chi connectivity index (χ3v) is 2.75. The van der Waals surface area contributed by atoms with E-state index in [-0.39, 0.29) is 18.2 Å². The maximum atomic E-state index is 11.1. The lowest BCUT2D eigenvalue weighted by molar-refractivity contribution is 0.0697. The topological polar surface area (TPSA) is 87.4 Å². The molecule has 0 spiro atoms. The van der Waals surface area contributed by atoms with E-state index in [1.807, 2.05) is 6.92 Å². The number of anilines is 1. The molecule has 0 aliphatic rings. The molecule has 0 aromatic carbocycles. The van der Waals surface area contributed by atoms with Crippen molar-refractivity contribution >= 4 is 11.8 Å². The molecule has 1 unspecified atom stereocenters. The van der Waals surface area contributed by atoms with Crippen molar-refractivity contribution in [2.24, 2.45) is 7.05 Å². The molecular weight excluding hydrogens is 222 g/mol. The van der Waals surface area contributed by atoms with Gasteiger partial charge in [-0.05, 0) is 19.8 Å². The zero-order chi connectivity index (χ0) is 13.0. The van der Waals surface area contributed by atoms with Crippen molar-refractivity contribution in [1.82, 2.24) is 9.78 Å². The number of carbonyl (C=O) groups is 1. The highest BCUT2D eigenvalue weighted by Crippen LogP contribution is 2.20. The molecule has 0 bridgehead atoms. The number of aromatic carboxylic acids is 1. The molecule has 1 rings (SSSR count). The van der Waals surface area contributed by atoms with Crippen molar-refractivity contribution in [3.63, 3.8) is 0 Å². The van der Waals surface area contributed by atoms with Gasteiger partial charge < -0.3 is 15.5 Å². The van der Waals surface area contributed by atoms with Gasteiger partial charge in [-0.3, -0.25) is 4.68 Å². The number of carboxylic acids is 1. The zero-order valence-corrected chi connectivity index (χ0v) is 10.4. The fourth-order valence-electron chi connectivity index (χ4n) is 1.81. The number of nitrogens with one attached hydrogen (secondary N) is 1. The Morgan fingerprint density at radius 2 is 2.24 bits per heavy atom. The quantitative estimate of drug-likeness (QED) is 0.691. The first-order valence-corrected chi connectivity index (χ1v) is 5.65. The van der Waals surface area contributed by atoms with E-state index >= 15 is 0 Å². The standard InChI is InChI=1S/C11H19N3O3/c1-4-8(5-6-15)12-10-9(11(16)17)7(2)13-14(10)3/h8,12,15H,4-6H2,1-3H3,(H,16,17). The molecule has 6 heteroatoms. The Labute approximate surface area is 100 Å². The number of aryl methyl sites for hydroxylation is 2. The van der Waals surface area contributed by atoms with Gasteiger partial charge in [0.2, 0.25) is 0 Å². The van der Waals surface area contributed by atoms with Crippen LogP contribution in [-0.2, 0) is 7.05 Å². The summed E-state index contributed by atoms with van der Waals surface area (Å²) in [7, 11) is 1.70. The summed E-state index contributed by atoms with van der Waals surface area (Å²) >= 11 is 0. The molecule has 0 saturated heterocycles. The van der Waals surface area contributed by atoms with Crippen molar-refractivity contribution in [3.8, 4) is 0 Å². The van der Waals surface area contributed by atoms with Gasteiger partial charge in [0.05, 0.1) is 5.69 Å². The van der Waals surface area contributed by atoms with Gasteiger partial charge in [0.25, 0.3) is 0 Å². The monoisotopic (exact) mass is 241 g/mol. The lowest BCUT2D eigenvalue weighted by Gasteiger charge is -2.17. The van der Waals surface area contributed by atoms with E-state index in [1.54, 1.807) is 14.0 Å². The van der Waals surface area contributed by atoms with Crippen LogP contribution < -0.4 is 5.32 Å². The van der Waals surface area contributed by atoms with Gasteiger partial charge in [0, 0.05) is 19.7 Å². The number of aliphatic hydroxyl groups excluding tert-OH is 1. The van der Waals surface area contributed by atoms with E-state index in [0.29, 0.717) is 17.9 Å². The predicted molar refractivity (Wildman–Crippen MR) is 64.3 cm³/mol. The Balaban J connectivity index is 3.00. The molecule has 1 atom stereocenters. The number of hydrogen-bond acceptors (Lipinski definition) is 4. The van der Waals surface area contributed by atoms with Crippen LogP contribution >= 0.6 is 0 Å². The Morgan fingerprint density at radius 1 is 1.59 bits per heavy atom. The number of aromatic nitrogens is 2. The summed E-state index contributed by atoms with van der Waals surface area (Å²) in [6.45, 7) is 3.73. The summed E-state index contributed by atoms with van der Waals surface area (Å²) in [5, 5.41) is 25.3. The smallest absolute Gasteiger partial charge is 0.341 e. The van der Waals surface area contributed by atoms with Crippen LogP contribution in [0.3, 0.4) is 0 Å². The summed E-state index contributed by atoms with van der Waals surface area (Å²) in [5.74, 6) is -0.493. The molecule has 1 heterocycles. The molecule has 1 aromatic rings. The first-order chi connectivity index (χ1) is 8.01. The lowest BCUT2D eigenvalue weighted by Crippen LogP contribution is -2.22. The van der Waals surface area contributed by atoms with Crippen LogP contribution in [0.4, 0.5) is 5.82 Å². The van der Waals surface area contributed by atoms with Gasteiger partial charge in [0.1, 0.15) is 11.4 Å². The highest BCUT2D eigenvalue weighted by Gasteiger charge is 2.21. The molecule has 1 aromatic heterocycles. The minimum absolute atomic E-state index is 0.0490. The fraction of sp³-hybridized carbons (Fsp3) is 0.636. The third-order valence-electron chi connectivity index (χ3n) is 2.75. The highest BCUT2D eigenvalue weighted by atomic mass is 16.4. The van der Waals surface area contributed by atoms with Crippen LogP contribution in [0.5, 0.6) is 0 Å². The van der Waals surface area contributed by atoms with Crippen molar-refractivity contribution in [2.45, 2.75) is 32.7 Å². The molecule has 0 aliphatic carbocycles. The number of nitrogens with zero attached hydrogens (tertiary/aromatic N) is 2. The Bertz CT molecular complexity index is 401. The Morgan fingerprint density at radius 3 is 2.71 bits per heavy atom. The molecule has 0 aliphatic heterocycles. The summed E-state index contributed by atoms with van der Waals surface area (Å²) in [6.07, 6.45) is 1.39. The highest BCUT2D eigenvalue weighted by molar-refractivity contribution is 5.94. The fourth-order valence-corrected chi connectivity index (χ4v) is 1.81. The van der Waals surface area contributed by atoms with Crippen molar-refractivity contribution in [1.29, 1.82) is 0 Å². The Kier molecular flexibility index (Phi) is 4.51. The van der Waals surface area contributed by atoms with Crippen LogP contribution in [0.2, 0.25) is 0 Å². The maximum absolute atomic E-state index is 11.1. The molecule has 6 nitrogen and oxygen atoms in total. The summed E-state index contributed by atoms with van der Waals surface area (Å²) < 4.78 is 1.53. The predicted octanol–water partition coefficient (Wildman–Crippen LogP) is 1.000. The van der Waals surface area contributed by atoms with Crippen LogP contribution in [-0.4, -0.2) is 38.6 Å². The second-order valence-electron chi connectivity index (χ2n) is 4.00. The van der Waals surface area contributed by atoms with Crippen LogP contribution in [0.1, 0.15) is 35.8 Å². The van der Waals surface area contributed by atoms with E-state index < -0.39 is 5.97 Å². The molecule has 0 fully saturated rings. The number of aliphatic hydroxyl groups is 1. The van der Waals surface area contributed by atoms with E-state index in [4.69, 9.17) is 10.2 Å². The average molecular weight is 241 g/mol. The number of rotatable bonds is 6. The first kappa shape index (κ1) is 13.5. The van der Waals surface area contributed by atoms with E-state index in [1.165, 1.54) is 4.68 Å². The maximum Gasteiger partial charge on any atom is 0.341 e. The van der Waals surface area contributed by atoms with Gasteiger partial charge >= 0.3 is 5.97 Å². The Hall–Kier alpha value is -1.56. The van der Waals surface area contributed by atoms with Crippen LogP contribution in [0.25, 0.3) is 0 Å². The van der Waals surface area contributed by atoms with E-state index in [2.05, 4.69) is 10.4 Å². The molecule has 0 amide bonds. The molecule has 17 heavy (non-hydrogen) atoms. The number of carboxylic acid groups (broad SMARTS) is 1. The second-order valence-corrected chi connectivity index (χ2v) is 4.00. The van der Waals surface area contributed by atoms with Gasteiger partial charge in [-0.25, -0.2) is 4.79 Å². The molecule has 0 radical (unpaired) electrons. The SMILES string of the molecule is CCC(CCO)Nc1c(C(=O)O)c(C)nn1C. The third kappa shape index (κ3) is 2.97. The minimum atomic E-state index is -0.989. The van der Waals surface area contributed by atoms with Crippen LogP contribution in [0.15, 0.2) is 0 Å². The zero-order valence-electron chi connectivity index (χ0n) is 10.4.